The number of carbonyl (C=O) groups is 1. The van der Waals surface area contributed by atoms with Crippen molar-refractivity contribution in [2.75, 3.05) is 64.3 Å². The van der Waals surface area contributed by atoms with Crippen LogP contribution >= 0.6 is 23.7 Å². The molecular formula is C22H27ClN4O3S. The molecule has 31 heavy (non-hydrogen) atoms. The first-order valence-corrected chi connectivity index (χ1v) is 10.7. The van der Waals surface area contributed by atoms with Crippen LogP contribution in [0.4, 0.5) is 10.8 Å². The summed E-state index contributed by atoms with van der Waals surface area (Å²) in [6.45, 7) is 2.36. The number of hydrogen-bond acceptors (Lipinski definition) is 7. The van der Waals surface area contributed by atoms with Crippen LogP contribution in [0.25, 0.3) is 10.2 Å². The van der Waals surface area contributed by atoms with Gasteiger partial charge in [-0.05, 0) is 38.4 Å². The number of ether oxygens (including phenoxy) is 2. The van der Waals surface area contributed by atoms with Gasteiger partial charge in [0.25, 0.3) is 5.91 Å². The van der Waals surface area contributed by atoms with Gasteiger partial charge in [-0.3, -0.25) is 9.69 Å². The standard InChI is InChI=1S/C22H26N4O3S.ClH/c1-24(2)9-10-26(21(27)15-5-7-16(8-6-15)25(3)4)22-23-17-13-18-19(14-20(17)30-22)29-12-11-28-18;/h5-8,13-14H,9-12H2,1-4H3;1H. The zero-order valence-corrected chi connectivity index (χ0v) is 19.8. The first-order chi connectivity index (χ1) is 14.4. The molecule has 0 saturated carbocycles. The Morgan fingerprint density at radius 3 is 2.26 bits per heavy atom. The molecule has 0 N–H and O–H groups in total. The highest BCUT2D eigenvalue weighted by Gasteiger charge is 2.23. The SMILES string of the molecule is CN(C)CCN(C(=O)c1ccc(N(C)C)cc1)c1nc2cc3c(cc2s1)OCCO3.Cl. The summed E-state index contributed by atoms with van der Waals surface area (Å²) in [5.41, 5.74) is 2.51. The van der Waals surface area contributed by atoms with Crippen molar-refractivity contribution >= 4 is 50.7 Å². The molecule has 3 aromatic rings. The van der Waals surface area contributed by atoms with Crippen molar-refractivity contribution in [3.8, 4) is 11.5 Å². The Labute approximate surface area is 192 Å². The number of nitrogens with zero attached hydrogens (tertiary/aromatic N) is 4. The number of halogens is 1. The summed E-state index contributed by atoms with van der Waals surface area (Å²) in [6, 6.07) is 11.5. The molecule has 4 rings (SSSR count). The lowest BCUT2D eigenvalue weighted by Gasteiger charge is -2.22. The minimum absolute atomic E-state index is 0. The number of amides is 1. The van der Waals surface area contributed by atoms with Gasteiger partial charge >= 0.3 is 0 Å². The van der Waals surface area contributed by atoms with E-state index in [-0.39, 0.29) is 18.3 Å². The Bertz CT molecular complexity index is 1010. The Morgan fingerprint density at radius 2 is 1.65 bits per heavy atom. The molecule has 7 nitrogen and oxygen atoms in total. The Morgan fingerprint density at radius 1 is 1.00 bits per heavy atom. The number of rotatable bonds is 6. The van der Waals surface area contributed by atoms with E-state index < -0.39 is 0 Å². The van der Waals surface area contributed by atoms with Crippen LogP contribution in [0.2, 0.25) is 0 Å². The van der Waals surface area contributed by atoms with Crippen LogP contribution in [0.5, 0.6) is 11.5 Å². The molecule has 0 radical (unpaired) electrons. The summed E-state index contributed by atoms with van der Waals surface area (Å²) in [5.74, 6) is 1.38. The third-order valence-electron chi connectivity index (χ3n) is 4.92. The van der Waals surface area contributed by atoms with Crippen LogP contribution in [0.3, 0.4) is 0 Å². The molecule has 2 aromatic carbocycles. The summed E-state index contributed by atoms with van der Waals surface area (Å²) >= 11 is 1.49. The second kappa shape index (κ2) is 9.72. The predicted octanol–water partition coefficient (Wildman–Crippen LogP) is 3.76. The van der Waals surface area contributed by atoms with Crippen molar-refractivity contribution in [1.29, 1.82) is 0 Å². The number of anilines is 2. The van der Waals surface area contributed by atoms with E-state index in [1.807, 2.05) is 69.5 Å². The molecule has 9 heteroatoms. The number of fused-ring (bicyclic) bond motifs is 2. The van der Waals surface area contributed by atoms with Crippen LogP contribution in [0, 0.1) is 0 Å². The summed E-state index contributed by atoms with van der Waals surface area (Å²) in [7, 11) is 7.95. The van der Waals surface area contributed by atoms with Gasteiger partial charge in [-0.15, -0.1) is 12.4 Å². The minimum atomic E-state index is -0.0570. The highest BCUT2D eigenvalue weighted by molar-refractivity contribution is 7.22. The third kappa shape index (κ3) is 5.03. The van der Waals surface area contributed by atoms with E-state index in [0.717, 1.165) is 28.2 Å². The van der Waals surface area contributed by atoms with Gasteiger partial charge in [0, 0.05) is 50.6 Å². The molecule has 166 valence electrons. The Hall–Kier alpha value is -2.55. The summed E-state index contributed by atoms with van der Waals surface area (Å²) < 4.78 is 12.3. The van der Waals surface area contributed by atoms with Crippen molar-refractivity contribution in [3.05, 3.63) is 42.0 Å². The fraction of sp³-hybridized carbons (Fsp3) is 0.364. The lowest BCUT2D eigenvalue weighted by molar-refractivity contribution is 0.0985. The van der Waals surface area contributed by atoms with Crippen molar-refractivity contribution in [3.63, 3.8) is 0 Å². The van der Waals surface area contributed by atoms with Gasteiger partial charge < -0.3 is 19.3 Å². The molecule has 0 unspecified atom stereocenters. The fourth-order valence-corrected chi connectivity index (χ4v) is 4.21. The number of thiazole rings is 1. The topological polar surface area (TPSA) is 58.1 Å². The molecule has 1 aromatic heterocycles. The summed E-state index contributed by atoms with van der Waals surface area (Å²) in [5, 5.41) is 0.677. The molecule has 0 saturated heterocycles. The minimum Gasteiger partial charge on any atom is -0.486 e. The number of aromatic nitrogens is 1. The van der Waals surface area contributed by atoms with E-state index in [2.05, 4.69) is 4.90 Å². The quantitative estimate of drug-likeness (QED) is 0.556. The lowest BCUT2D eigenvalue weighted by atomic mass is 10.1. The third-order valence-corrected chi connectivity index (χ3v) is 5.96. The molecule has 0 aliphatic carbocycles. The lowest BCUT2D eigenvalue weighted by Crippen LogP contribution is -2.36. The van der Waals surface area contributed by atoms with Gasteiger partial charge in [-0.1, -0.05) is 11.3 Å². The largest absolute Gasteiger partial charge is 0.486 e. The van der Waals surface area contributed by atoms with Crippen molar-refractivity contribution in [2.45, 2.75) is 0 Å². The first-order valence-electron chi connectivity index (χ1n) is 9.86. The number of benzene rings is 2. The maximum Gasteiger partial charge on any atom is 0.260 e. The molecule has 0 spiro atoms. The van der Waals surface area contributed by atoms with Gasteiger partial charge in [-0.25, -0.2) is 4.98 Å². The molecule has 1 aliphatic heterocycles. The van der Waals surface area contributed by atoms with Gasteiger partial charge in [0.05, 0.1) is 10.2 Å². The molecule has 0 fully saturated rings. The Kier molecular flexibility index (Phi) is 7.25. The van der Waals surface area contributed by atoms with Gasteiger partial charge in [0.1, 0.15) is 13.2 Å². The van der Waals surface area contributed by atoms with E-state index in [0.29, 0.717) is 36.2 Å². The van der Waals surface area contributed by atoms with Crippen molar-refractivity contribution in [2.24, 2.45) is 0 Å². The maximum atomic E-state index is 13.4. The van der Waals surface area contributed by atoms with E-state index in [1.165, 1.54) is 11.3 Å². The van der Waals surface area contributed by atoms with Crippen LogP contribution in [-0.4, -0.2) is 70.3 Å². The second-order valence-electron chi connectivity index (χ2n) is 7.66. The van der Waals surface area contributed by atoms with Gasteiger partial charge in [0.15, 0.2) is 16.6 Å². The smallest absolute Gasteiger partial charge is 0.260 e. The number of hydrogen-bond donors (Lipinski definition) is 0. The predicted molar refractivity (Wildman–Crippen MR) is 129 cm³/mol. The summed E-state index contributed by atoms with van der Waals surface area (Å²) in [4.78, 5) is 24.0. The maximum absolute atomic E-state index is 13.4. The fourth-order valence-electron chi connectivity index (χ4n) is 3.21. The average molecular weight is 463 g/mol. The molecule has 1 amide bonds. The molecule has 0 bridgehead atoms. The van der Waals surface area contributed by atoms with E-state index in [9.17, 15) is 4.79 Å². The van der Waals surface area contributed by atoms with Crippen LogP contribution < -0.4 is 19.3 Å². The average Bonchev–Trinajstić information content (AvgIpc) is 3.14. The van der Waals surface area contributed by atoms with E-state index in [4.69, 9.17) is 14.5 Å². The van der Waals surface area contributed by atoms with Crippen molar-refractivity contribution in [1.82, 2.24) is 9.88 Å². The second-order valence-corrected chi connectivity index (χ2v) is 8.67. The van der Waals surface area contributed by atoms with Crippen LogP contribution in [-0.2, 0) is 0 Å². The highest BCUT2D eigenvalue weighted by atomic mass is 35.5. The normalized spacial score (nSPS) is 12.5. The molecule has 0 atom stereocenters. The van der Waals surface area contributed by atoms with Gasteiger partial charge in [0.2, 0.25) is 0 Å². The number of carbonyl (C=O) groups excluding carboxylic acids is 1. The zero-order valence-electron chi connectivity index (χ0n) is 18.1. The Balaban J connectivity index is 0.00000272. The van der Waals surface area contributed by atoms with E-state index in [1.54, 1.807) is 4.90 Å². The molecule has 1 aliphatic rings. The van der Waals surface area contributed by atoms with E-state index >= 15 is 0 Å². The van der Waals surface area contributed by atoms with Crippen LogP contribution in [0.15, 0.2) is 36.4 Å². The summed E-state index contributed by atoms with van der Waals surface area (Å²) in [6.07, 6.45) is 0. The number of likely N-dealkylation sites (N-methyl/N-ethyl adjacent to an activating group) is 1. The monoisotopic (exact) mass is 462 g/mol. The van der Waals surface area contributed by atoms with Crippen molar-refractivity contribution < 1.29 is 14.3 Å². The first kappa shape index (κ1) is 23.1. The zero-order chi connectivity index (χ0) is 21.3. The van der Waals surface area contributed by atoms with Crippen LogP contribution in [0.1, 0.15) is 10.4 Å². The molecule has 2 heterocycles. The highest BCUT2D eigenvalue weighted by Crippen LogP contribution is 2.39. The van der Waals surface area contributed by atoms with Gasteiger partial charge in [-0.2, -0.15) is 0 Å². The molecular weight excluding hydrogens is 436 g/mol.